The third kappa shape index (κ3) is 14.2. The lowest BCUT2D eigenvalue weighted by Gasteiger charge is -2.32. The van der Waals surface area contributed by atoms with E-state index in [1.807, 2.05) is 12.1 Å². The van der Waals surface area contributed by atoms with Crippen molar-refractivity contribution in [1.29, 1.82) is 0 Å². The molecular formula is C88H92B4O8. The Bertz CT molecular complexity index is 4820. The molecule has 100 heavy (non-hydrogen) atoms. The van der Waals surface area contributed by atoms with Crippen molar-refractivity contribution in [3.05, 3.63) is 267 Å². The molecule has 12 aromatic carbocycles. The number of hydrogen-bond donors (Lipinski definition) is 0. The molecule has 4 aliphatic heterocycles. The Morgan fingerprint density at radius 3 is 1.01 bits per heavy atom. The molecule has 0 saturated carbocycles. The normalized spacial score (nSPS) is 18.6. The van der Waals surface area contributed by atoms with Gasteiger partial charge in [-0.25, -0.2) is 0 Å². The molecule has 12 heteroatoms. The van der Waals surface area contributed by atoms with Crippen LogP contribution >= 0.6 is 0 Å². The molecule has 4 fully saturated rings. The molecule has 4 aliphatic rings. The molecular weight excluding hydrogens is 1230 g/mol. The number of hydrogen-bond acceptors (Lipinski definition) is 8. The summed E-state index contributed by atoms with van der Waals surface area (Å²) in [6, 6.07) is 93.8. The first kappa shape index (κ1) is 70.1. The quantitative estimate of drug-likeness (QED) is 0.139. The maximum Gasteiger partial charge on any atom is 0.495 e. The van der Waals surface area contributed by atoms with Crippen molar-refractivity contribution in [1.82, 2.24) is 0 Å². The van der Waals surface area contributed by atoms with Crippen LogP contribution in [0.5, 0.6) is 0 Å². The van der Waals surface area contributed by atoms with Gasteiger partial charge in [0, 0.05) is 0 Å². The Morgan fingerprint density at radius 2 is 0.500 bits per heavy atom. The highest BCUT2D eigenvalue weighted by Gasteiger charge is 2.55. The second kappa shape index (κ2) is 27.2. The second-order valence-electron chi connectivity index (χ2n) is 31.0. The largest absolute Gasteiger partial charge is 0.495 e. The fourth-order valence-electron chi connectivity index (χ4n) is 13.0. The summed E-state index contributed by atoms with van der Waals surface area (Å²) in [5, 5.41) is 9.88. The summed E-state index contributed by atoms with van der Waals surface area (Å²) in [4.78, 5) is 0. The molecule has 0 N–H and O–H groups in total. The van der Waals surface area contributed by atoms with Gasteiger partial charge in [0.15, 0.2) is 0 Å². The van der Waals surface area contributed by atoms with Crippen molar-refractivity contribution < 1.29 is 37.2 Å². The summed E-state index contributed by atoms with van der Waals surface area (Å²) in [6.45, 7) is 33.3. The monoisotopic (exact) mass is 1320 g/mol. The van der Waals surface area contributed by atoms with Crippen LogP contribution in [0, 0.1) is 0 Å². The van der Waals surface area contributed by atoms with Crippen LogP contribution in [0.1, 0.15) is 111 Å². The van der Waals surface area contributed by atoms with Crippen molar-refractivity contribution in [3.63, 3.8) is 0 Å². The topological polar surface area (TPSA) is 73.8 Å². The summed E-state index contributed by atoms with van der Waals surface area (Å²) in [7, 11) is -1.29. The third-order valence-corrected chi connectivity index (χ3v) is 22.1. The van der Waals surface area contributed by atoms with Gasteiger partial charge < -0.3 is 37.2 Å². The molecule has 504 valence electrons. The molecule has 0 aromatic heterocycles. The minimum Gasteiger partial charge on any atom is -0.399 e. The molecule has 16 rings (SSSR count). The molecule has 0 unspecified atom stereocenters. The van der Waals surface area contributed by atoms with Crippen LogP contribution in [-0.2, 0) is 37.2 Å². The van der Waals surface area contributed by atoms with E-state index in [4.69, 9.17) is 37.2 Å². The average Bonchev–Trinajstić information content (AvgIpc) is 1.33. The highest BCUT2D eigenvalue weighted by atomic mass is 16.7. The fraction of sp³-hybridized carbons (Fsp3) is 0.273. The second-order valence-corrected chi connectivity index (χ2v) is 31.0. The van der Waals surface area contributed by atoms with Gasteiger partial charge in [-0.05, 0) is 232 Å². The van der Waals surface area contributed by atoms with Gasteiger partial charge in [0.1, 0.15) is 0 Å². The minimum atomic E-state index is -0.347. The van der Waals surface area contributed by atoms with Gasteiger partial charge in [-0.2, -0.15) is 0 Å². The highest BCUT2D eigenvalue weighted by Crippen LogP contribution is 2.42. The molecule has 8 nitrogen and oxygen atoms in total. The van der Waals surface area contributed by atoms with E-state index in [2.05, 4.69) is 366 Å². The summed E-state index contributed by atoms with van der Waals surface area (Å²) < 4.78 is 49.5. The molecule has 0 spiro atoms. The lowest BCUT2D eigenvalue weighted by Crippen LogP contribution is -2.41. The van der Waals surface area contributed by atoms with Crippen LogP contribution in [0.25, 0.3) is 87.6 Å². The van der Waals surface area contributed by atoms with Gasteiger partial charge in [-0.3, -0.25) is 0 Å². The van der Waals surface area contributed by atoms with Crippen molar-refractivity contribution >= 4 is 93.4 Å². The molecule has 0 radical (unpaired) electrons. The molecule has 12 aromatic rings. The maximum absolute atomic E-state index is 6.28. The standard InChI is InChI=1S/4C22H23BO2/c1-21(2)22(3,4)25-23(24-21)18-14-12-17(13-15-18)20-11-7-9-16-8-5-6-10-19(16)20;1-21(2)22(3,4)25-23(24-21)20-15-14-17(16-10-6-5-7-11-16)18-12-8-9-13-19(18)20;1-21(2)22(3,4)25-23(24-21)20-13-11-17(12-14-20)19-10-9-16-7-5-6-8-18(16)15-19;1-21(2)22(3,4)25-23(24-21)20-13-12-18-14-17(10-11-19(18)15-20)16-8-6-5-7-9-16/h4*5-15H,1-4H3. The molecule has 4 saturated heterocycles. The van der Waals surface area contributed by atoms with Crippen molar-refractivity contribution in [3.8, 4) is 44.5 Å². The highest BCUT2D eigenvalue weighted by molar-refractivity contribution is 6.65. The van der Waals surface area contributed by atoms with E-state index in [0.717, 1.165) is 21.9 Å². The van der Waals surface area contributed by atoms with Crippen LogP contribution in [0.3, 0.4) is 0 Å². The Labute approximate surface area is 594 Å². The Balaban J connectivity index is 0.000000119. The number of fused-ring (bicyclic) bond motifs is 4. The van der Waals surface area contributed by atoms with Gasteiger partial charge in [0.25, 0.3) is 0 Å². The fourth-order valence-corrected chi connectivity index (χ4v) is 13.0. The van der Waals surface area contributed by atoms with Crippen LogP contribution in [0.2, 0.25) is 0 Å². The van der Waals surface area contributed by atoms with E-state index in [0.29, 0.717) is 0 Å². The molecule has 4 heterocycles. The van der Waals surface area contributed by atoms with Gasteiger partial charge in [-0.1, -0.05) is 255 Å². The maximum atomic E-state index is 6.28. The summed E-state index contributed by atoms with van der Waals surface area (Å²) >= 11 is 0. The van der Waals surface area contributed by atoms with Crippen molar-refractivity contribution in [2.75, 3.05) is 0 Å². The molecule has 0 aliphatic carbocycles. The smallest absolute Gasteiger partial charge is 0.399 e. The average molecular weight is 1320 g/mol. The zero-order valence-electron chi connectivity index (χ0n) is 61.0. The first-order valence-corrected chi connectivity index (χ1v) is 35.2. The summed E-state index contributed by atoms with van der Waals surface area (Å²) in [6.07, 6.45) is 0. The summed E-state index contributed by atoms with van der Waals surface area (Å²) in [5.74, 6) is 0. The number of benzene rings is 12. The van der Waals surface area contributed by atoms with E-state index >= 15 is 0 Å². The Kier molecular flexibility index (Phi) is 19.1. The molecule has 0 bridgehead atoms. The van der Waals surface area contributed by atoms with Gasteiger partial charge in [-0.15, -0.1) is 0 Å². The van der Waals surface area contributed by atoms with Gasteiger partial charge in [0.2, 0.25) is 0 Å². The molecule has 0 atom stereocenters. The predicted octanol–water partition coefficient (Wildman–Crippen LogP) is 19.2. The van der Waals surface area contributed by atoms with E-state index in [1.54, 1.807) is 0 Å². The zero-order chi connectivity index (χ0) is 70.6. The first-order chi connectivity index (χ1) is 47.5. The van der Waals surface area contributed by atoms with Crippen LogP contribution < -0.4 is 21.9 Å². The van der Waals surface area contributed by atoms with Crippen LogP contribution in [-0.4, -0.2) is 73.3 Å². The lowest BCUT2D eigenvalue weighted by atomic mass is 9.75. The van der Waals surface area contributed by atoms with E-state index in [1.165, 1.54) is 87.6 Å². The predicted molar refractivity (Wildman–Crippen MR) is 420 cm³/mol. The summed E-state index contributed by atoms with van der Waals surface area (Å²) in [5.41, 5.74) is 11.5. The Morgan fingerprint density at radius 1 is 0.190 bits per heavy atom. The van der Waals surface area contributed by atoms with Gasteiger partial charge in [0.05, 0.1) is 44.8 Å². The van der Waals surface area contributed by atoms with Crippen molar-refractivity contribution in [2.24, 2.45) is 0 Å². The first-order valence-electron chi connectivity index (χ1n) is 35.2. The Hall–Kier alpha value is -8.38. The van der Waals surface area contributed by atoms with Gasteiger partial charge >= 0.3 is 28.5 Å². The molecule has 0 amide bonds. The SMILES string of the molecule is CC1(C)OB(c2ccc(-c3ccc4ccccc4c3)cc2)OC1(C)C.CC1(C)OB(c2ccc(-c3cccc4ccccc34)cc2)OC1(C)C.CC1(C)OB(c2ccc(-c3ccccc3)c3ccccc23)OC1(C)C.CC1(C)OB(c2ccc3cc(-c4ccccc4)ccc3c2)OC1(C)C. The van der Waals surface area contributed by atoms with E-state index in [-0.39, 0.29) is 73.3 Å². The van der Waals surface area contributed by atoms with E-state index in [9.17, 15) is 0 Å². The third-order valence-electron chi connectivity index (χ3n) is 22.1. The van der Waals surface area contributed by atoms with Crippen LogP contribution in [0.4, 0.5) is 0 Å². The number of rotatable bonds is 8. The zero-order valence-corrected chi connectivity index (χ0v) is 61.0. The van der Waals surface area contributed by atoms with E-state index < -0.39 is 0 Å². The lowest BCUT2D eigenvalue weighted by molar-refractivity contribution is 0.00578. The minimum absolute atomic E-state index is 0.310. The van der Waals surface area contributed by atoms with Crippen LogP contribution in [0.15, 0.2) is 267 Å². The van der Waals surface area contributed by atoms with Crippen molar-refractivity contribution in [2.45, 2.75) is 156 Å².